The first kappa shape index (κ1) is 3.96. The summed E-state index contributed by atoms with van der Waals surface area (Å²) in [5.74, 6) is 1.26. The summed E-state index contributed by atoms with van der Waals surface area (Å²) in [7, 11) is -0.00352. The normalized spacial score (nSPS) is 6.86. The van der Waals surface area contributed by atoms with Gasteiger partial charge in [0.25, 0.3) is 0 Å². The van der Waals surface area contributed by atoms with E-state index in [9.17, 15) is 0 Å². The fourth-order valence-corrected chi connectivity index (χ4v) is 0.116. The van der Waals surface area contributed by atoms with Gasteiger partial charge in [-0.3, -0.25) is 0 Å². The Hall–Kier alpha value is -1.22. The third-order valence-corrected chi connectivity index (χ3v) is 0.445. The third-order valence-electron chi connectivity index (χ3n) is 0.445. The molecule has 0 aliphatic heterocycles. The molecule has 0 aromatic carbocycles. The van der Waals surface area contributed by atoms with Gasteiger partial charge in [0.2, 0.25) is 0 Å². The van der Waals surface area contributed by atoms with Crippen molar-refractivity contribution in [3.63, 3.8) is 0 Å². The van der Waals surface area contributed by atoms with Gasteiger partial charge in [-0.1, -0.05) is 5.98 Å². The molecule has 0 unspecified atom stereocenters. The summed E-state index contributed by atoms with van der Waals surface area (Å²) in [4.78, 5) is 0. The molecule has 0 rings (SSSR count). The lowest BCUT2D eigenvalue weighted by Gasteiger charge is -1.67. The smallest absolute Gasteiger partial charge is 0.132 e. The van der Waals surface area contributed by atoms with Crippen LogP contribution >= 0.6 is 0 Å². The van der Waals surface area contributed by atoms with Crippen LogP contribution in [0.5, 0.6) is 0 Å². The van der Waals surface area contributed by atoms with Crippen LogP contribution in [0.15, 0.2) is 11.5 Å². The molecule has 0 aromatic heterocycles. The number of allylic oxidation sites excluding steroid dienone is 1. The highest BCUT2D eigenvalue weighted by Gasteiger charge is 1.81. The van der Waals surface area contributed by atoms with E-state index in [4.69, 9.17) is 11.9 Å². The molecule has 0 saturated heterocycles. The van der Waals surface area contributed by atoms with E-state index < -0.39 is 0 Å². The van der Waals surface area contributed by atoms with Crippen molar-refractivity contribution in [1.82, 2.24) is 0 Å². The van der Waals surface area contributed by atoms with E-state index in [2.05, 4.69) is 0 Å². The minimum atomic E-state index is -0.00352. The molecule has 0 amide bonds. The van der Waals surface area contributed by atoms with Gasteiger partial charge >= 0.3 is 0 Å². The molecule has 0 radical (unpaired) electrons. The molecule has 0 aliphatic carbocycles. The van der Waals surface area contributed by atoms with Crippen LogP contribution in [0, 0.1) is 22.7 Å². The largest absolute Gasteiger partial charge is 0.192 e. The predicted octanol–water partition coefficient (Wildman–Crippen LogP) is -0.449. The second-order valence-electron chi connectivity index (χ2n) is 0.841. The Morgan fingerprint density at radius 2 is 2.29 bits per heavy atom. The van der Waals surface area contributed by atoms with Gasteiger partial charge in [-0.05, 0) is 1.34 Å². The van der Waals surface area contributed by atoms with Gasteiger partial charge in [-0.15, -0.1) is 0 Å². The van der Waals surface area contributed by atoms with Gasteiger partial charge in [-0.25, -0.2) is 0 Å². The average Bonchev–Trinajstić information content (AvgIpc) is 1.83. The van der Waals surface area contributed by atoms with Crippen molar-refractivity contribution in [2.45, 2.75) is 0 Å². The first-order valence-electron chi connectivity index (χ1n) is 2.35. The monoisotopic (exact) mass is 91.0 g/mol. The first-order valence-corrected chi connectivity index (χ1v) is 1.64. The molecule has 2 nitrogen and oxygen atoms in total. The Balaban J connectivity index is 3.99. The summed E-state index contributed by atoms with van der Waals surface area (Å²) in [6.07, 6.45) is 0. The Morgan fingerprint density at radius 1 is 1.71 bits per heavy atom. The Bertz CT molecular complexity index is 157. The van der Waals surface area contributed by atoms with Crippen LogP contribution in [0.25, 0.3) is 0 Å². The molecule has 0 saturated carbocycles. The van der Waals surface area contributed by atoms with Gasteiger partial charge in [0.15, 0.2) is 0 Å². The van der Waals surface area contributed by atoms with Crippen molar-refractivity contribution in [3.8, 4) is 12.1 Å². The van der Waals surface area contributed by atoms with Crippen molar-refractivity contribution in [1.29, 1.82) is 11.9 Å². The molecular weight excluding hydrogens is 86.9 g/mol. The molecule has 32 valence electrons. The summed E-state index contributed by atoms with van der Waals surface area (Å²) >= 11 is 0. The summed E-state index contributed by atoms with van der Waals surface area (Å²) in [5, 5.41) is 16.1. The van der Waals surface area contributed by atoms with E-state index in [1.54, 1.807) is 12.1 Å². The Kier molecular flexibility index (Phi) is 1.69. The highest BCUT2D eigenvalue weighted by molar-refractivity contribution is 6.18. The van der Waals surface area contributed by atoms with Gasteiger partial charge < -0.3 is 0 Å². The Morgan fingerprint density at radius 3 is 2.43 bits per heavy atom. The lowest BCUT2D eigenvalue weighted by Crippen LogP contribution is -1.67. The van der Waals surface area contributed by atoms with Gasteiger partial charge in [0.1, 0.15) is 25.5 Å². The summed E-state index contributed by atoms with van der Waals surface area (Å²) in [5.41, 5.74) is 0.0139. The minimum absolute atomic E-state index is 0.00352. The zero-order chi connectivity index (χ0) is 6.41. The molecule has 0 atom stereocenters. The molecule has 0 N–H and O–H groups in total. The van der Waals surface area contributed by atoms with Crippen molar-refractivity contribution < 1.29 is 0 Å². The van der Waals surface area contributed by atoms with E-state index >= 15 is 0 Å². The summed E-state index contributed by atoms with van der Waals surface area (Å²) in [6.45, 7) is 0. The topological polar surface area (TPSA) is 47.6 Å². The lowest BCUT2D eigenvalue weighted by molar-refractivity contribution is 1.47. The average molecular weight is 90.9 g/mol. The first-order chi connectivity index (χ1) is 3.85. The number of hydrogen-bond acceptors (Lipinski definition) is 2. The molecule has 7 heavy (non-hydrogen) atoms. The number of hydrogen-bond donors (Lipinski definition) is 0. The van der Waals surface area contributed by atoms with E-state index in [0.717, 1.165) is 0 Å². The van der Waals surface area contributed by atoms with E-state index in [1.165, 1.54) is 5.98 Å². The molecule has 0 aromatic rings. The summed E-state index contributed by atoms with van der Waals surface area (Å²) < 4.78 is 6.56. The van der Waals surface area contributed by atoms with Crippen LogP contribution in [0.4, 0.5) is 0 Å². The number of rotatable bonds is 1. The lowest BCUT2D eigenvalue weighted by atomic mass is 10.1. The molecule has 0 aliphatic rings. The van der Waals surface area contributed by atoms with E-state index in [-0.39, 0.29) is 13.4 Å². The summed E-state index contributed by atoms with van der Waals surface area (Å²) in [6, 6.07) is 3.27. The maximum absolute atomic E-state index is 8.03. The zero-order valence-electron chi connectivity index (χ0n) is 4.68. The quantitative estimate of drug-likeness (QED) is 0.324. The van der Waals surface area contributed by atoms with Gasteiger partial charge in [-0.2, -0.15) is 10.5 Å². The molecule has 0 heterocycles. The van der Waals surface area contributed by atoms with Crippen LogP contribution < -0.4 is 0 Å². The van der Waals surface area contributed by atoms with Crippen molar-refractivity contribution in [3.05, 3.63) is 11.5 Å². The SMILES string of the molecule is [2H]BC=C(C#N)C#N. The van der Waals surface area contributed by atoms with Crippen molar-refractivity contribution in [2.24, 2.45) is 0 Å². The maximum atomic E-state index is 8.03. The molecule has 3 heteroatoms. The van der Waals surface area contributed by atoms with Gasteiger partial charge in [0.05, 0.1) is 0 Å². The second kappa shape index (κ2) is 2.99. The van der Waals surface area contributed by atoms with Gasteiger partial charge in [0, 0.05) is 0 Å². The standard InChI is InChI=1S/C4H3BN2/c5-1-4(2-6)3-7/h1H,5H2/i5D. The minimum Gasteiger partial charge on any atom is -0.192 e. The van der Waals surface area contributed by atoms with Crippen LogP contribution in [0.2, 0.25) is 0 Å². The second-order valence-corrected chi connectivity index (χ2v) is 0.841. The van der Waals surface area contributed by atoms with Crippen LogP contribution in [-0.4, -0.2) is 9.15 Å². The molecule has 0 fully saturated rings. The molecule has 0 spiro atoms. The van der Waals surface area contributed by atoms with Crippen molar-refractivity contribution >= 4 is 7.81 Å². The predicted molar refractivity (Wildman–Crippen MR) is 27.9 cm³/mol. The van der Waals surface area contributed by atoms with Crippen LogP contribution in [0.1, 0.15) is 0 Å². The van der Waals surface area contributed by atoms with Crippen molar-refractivity contribution in [2.75, 3.05) is 0 Å². The highest BCUT2D eigenvalue weighted by atomic mass is 14.3. The zero-order valence-corrected chi connectivity index (χ0v) is 3.68. The van der Waals surface area contributed by atoms with Crippen LogP contribution in [0.3, 0.4) is 0 Å². The highest BCUT2D eigenvalue weighted by Crippen LogP contribution is 1.81. The Labute approximate surface area is 44.4 Å². The van der Waals surface area contributed by atoms with E-state index in [1.807, 2.05) is 0 Å². The van der Waals surface area contributed by atoms with Crippen LogP contribution in [-0.2, 0) is 0 Å². The number of nitrogens with zero attached hydrogens (tertiary/aromatic N) is 2. The number of nitriles is 2. The van der Waals surface area contributed by atoms with E-state index in [0.29, 0.717) is 0 Å². The molecular formula is C4H3BN2. The third kappa shape index (κ3) is 1.62. The fraction of sp³-hybridized carbons (Fsp3) is 0. The maximum Gasteiger partial charge on any atom is 0.132 e. The fourth-order valence-electron chi connectivity index (χ4n) is 0.116. The molecule has 0 bridgehead atoms.